The molecule has 8 nitrogen and oxygen atoms in total. The molecule has 1 fully saturated rings. The molecular weight excluding hydrogens is 428 g/mol. The van der Waals surface area contributed by atoms with Gasteiger partial charge < -0.3 is 19.9 Å². The van der Waals surface area contributed by atoms with Gasteiger partial charge in [-0.25, -0.2) is 8.42 Å². The van der Waals surface area contributed by atoms with Crippen molar-refractivity contribution in [2.45, 2.75) is 25.7 Å². The lowest BCUT2D eigenvalue weighted by Crippen LogP contribution is -2.46. The average Bonchev–Trinajstić information content (AvgIpc) is 2.94. The first-order valence-corrected chi connectivity index (χ1v) is 12.6. The van der Waals surface area contributed by atoms with E-state index in [4.69, 9.17) is 4.74 Å². The highest BCUT2D eigenvalue weighted by molar-refractivity contribution is 7.89. The zero-order valence-corrected chi connectivity index (χ0v) is 19.6. The van der Waals surface area contributed by atoms with Crippen molar-refractivity contribution in [2.75, 3.05) is 56.0 Å². The molecule has 32 heavy (non-hydrogen) atoms. The highest BCUT2D eigenvalue weighted by atomic mass is 32.2. The fourth-order valence-electron chi connectivity index (χ4n) is 4.24. The molecule has 0 atom stereocenters. The van der Waals surface area contributed by atoms with Gasteiger partial charge in [0, 0.05) is 45.3 Å². The van der Waals surface area contributed by atoms with Crippen molar-refractivity contribution in [3.8, 4) is 11.5 Å². The first kappa shape index (κ1) is 22.6. The lowest BCUT2D eigenvalue weighted by molar-refractivity contribution is 0.102. The van der Waals surface area contributed by atoms with Crippen molar-refractivity contribution in [2.24, 2.45) is 0 Å². The molecular formula is C23H30N4O4S. The second-order valence-corrected chi connectivity index (χ2v) is 9.79. The van der Waals surface area contributed by atoms with Gasteiger partial charge in [-0.1, -0.05) is 32.9 Å². The fraction of sp³-hybridized carbons (Fsp3) is 0.435. The van der Waals surface area contributed by atoms with Crippen LogP contribution in [0.25, 0.3) is 0 Å². The summed E-state index contributed by atoms with van der Waals surface area (Å²) in [5.41, 5.74) is 1.35. The Morgan fingerprint density at radius 1 is 1.00 bits per heavy atom. The Balaban J connectivity index is 1.86. The van der Waals surface area contributed by atoms with E-state index < -0.39 is 10.0 Å². The Morgan fingerprint density at radius 3 is 2.34 bits per heavy atom. The summed E-state index contributed by atoms with van der Waals surface area (Å²) in [5, 5.41) is 2.83. The van der Waals surface area contributed by atoms with E-state index in [1.165, 1.54) is 10.4 Å². The maximum Gasteiger partial charge on any atom is 0.259 e. The van der Waals surface area contributed by atoms with Crippen LogP contribution in [0.15, 0.2) is 41.3 Å². The minimum absolute atomic E-state index is 0.148. The number of sulfonamides is 1. The number of nitrogens with zero attached hydrogens (tertiary/aromatic N) is 3. The number of fused-ring (bicyclic) bond motifs is 2. The van der Waals surface area contributed by atoms with Crippen LogP contribution in [0, 0.1) is 0 Å². The van der Waals surface area contributed by atoms with Crippen molar-refractivity contribution in [3.05, 3.63) is 42.0 Å². The average molecular weight is 459 g/mol. The van der Waals surface area contributed by atoms with Crippen LogP contribution in [0.2, 0.25) is 0 Å². The number of nitrogens with one attached hydrogen (secondary N) is 1. The summed E-state index contributed by atoms with van der Waals surface area (Å²) in [7, 11) is -3.79. The first-order valence-electron chi connectivity index (χ1n) is 11.1. The van der Waals surface area contributed by atoms with Gasteiger partial charge in [0.1, 0.15) is 10.6 Å². The minimum Gasteiger partial charge on any atom is -0.454 e. The number of hydrogen-bond acceptors (Lipinski definition) is 6. The van der Waals surface area contributed by atoms with Crippen LogP contribution in [0.5, 0.6) is 11.5 Å². The van der Waals surface area contributed by atoms with E-state index in [9.17, 15) is 13.2 Å². The van der Waals surface area contributed by atoms with E-state index >= 15 is 0 Å². The number of anilines is 2. The highest BCUT2D eigenvalue weighted by Crippen LogP contribution is 2.41. The summed E-state index contributed by atoms with van der Waals surface area (Å²) in [6.45, 7) is 10.5. The molecule has 2 heterocycles. The van der Waals surface area contributed by atoms with Gasteiger partial charge >= 0.3 is 0 Å². The van der Waals surface area contributed by atoms with Gasteiger partial charge in [0.25, 0.3) is 5.91 Å². The molecule has 1 N–H and O–H groups in total. The fourth-order valence-corrected chi connectivity index (χ4v) is 5.92. The van der Waals surface area contributed by atoms with Crippen LogP contribution in [0.1, 0.15) is 31.1 Å². The molecule has 1 saturated heterocycles. The summed E-state index contributed by atoms with van der Waals surface area (Å²) < 4.78 is 34.7. The lowest BCUT2D eigenvalue weighted by atomic mass is 10.1. The molecule has 0 saturated carbocycles. The summed E-state index contributed by atoms with van der Waals surface area (Å²) in [6, 6.07) is 10.4. The van der Waals surface area contributed by atoms with Crippen molar-refractivity contribution in [1.82, 2.24) is 9.21 Å². The third-order valence-corrected chi connectivity index (χ3v) is 8.22. The van der Waals surface area contributed by atoms with Gasteiger partial charge in [-0.05, 0) is 24.7 Å². The molecule has 0 unspecified atom stereocenters. The Hall–Kier alpha value is -2.62. The van der Waals surface area contributed by atoms with Crippen LogP contribution in [0.3, 0.4) is 0 Å². The topological polar surface area (TPSA) is 82.2 Å². The number of ether oxygens (including phenoxy) is 1. The molecule has 0 aliphatic carbocycles. The number of amides is 1. The number of carbonyl (C=O) groups is 1. The molecule has 0 aromatic heterocycles. The van der Waals surface area contributed by atoms with Gasteiger partial charge in [0.2, 0.25) is 10.0 Å². The monoisotopic (exact) mass is 458 g/mol. The highest BCUT2D eigenvalue weighted by Gasteiger charge is 2.32. The lowest BCUT2D eigenvalue weighted by Gasteiger charge is -2.37. The number of para-hydroxylation sites is 2. The van der Waals surface area contributed by atoms with Crippen LogP contribution >= 0.6 is 0 Å². The normalized spacial score (nSPS) is 16.8. The second kappa shape index (κ2) is 9.09. The van der Waals surface area contributed by atoms with E-state index in [0.717, 1.165) is 19.6 Å². The van der Waals surface area contributed by atoms with Crippen LogP contribution < -0.4 is 15.0 Å². The van der Waals surface area contributed by atoms with E-state index in [2.05, 4.69) is 22.0 Å². The molecule has 2 aromatic carbocycles. The summed E-state index contributed by atoms with van der Waals surface area (Å²) >= 11 is 0. The Morgan fingerprint density at radius 2 is 1.69 bits per heavy atom. The number of piperazine rings is 1. The van der Waals surface area contributed by atoms with Crippen molar-refractivity contribution < 1.29 is 17.9 Å². The predicted molar refractivity (Wildman–Crippen MR) is 125 cm³/mol. The summed E-state index contributed by atoms with van der Waals surface area (Å²) in [5.74, 6) is 0.503. The van der Waals surface area contributed by atoms with Gasteiger partial charge in [-0.2, -0.15) is 4.31 Å². The summed E-state index contributed by atoms with van der Waals surface area (Å²) in [6.07, 6.45) is 0. The first-order chi connectivity index (χ1) is 15.4. The molecule has 2 aliphatic rings. The van der Waals surface area contributed by atoms with Gasteiger partial charge in [-0.3, -0.25) is 4.79 Å². The molecule has 2 aromatic rings. The number of benzene rings is 2. The molecule has 4 rings (SSSR count). The summed E-state index contributed by atoms with van der Waals surface area (Å²) in [4.78, 5) is 17.6. The third-order valence-electron chi connectivity index (χ3n) is 6.14. The number of hydrogen-bond donors (Lipinski definition) is 1. The SMILES string of the molecule is CCN1CCN(c2cc3c(cc2S(=O)(=O)N(CC)CC)C(=O)Nc2ccccc2O3)CC1. The maximum absolute atomic E-state index is 13.6. The third kappa shape index (κ3) is 4.07. The van der Waals surface area contributed by atoms with Crippen molar-refractivity contribution in [3.63, 3.8) is 0 Å². The Bertz CT molecular complexity index is 1110. The standard InChI is InChI=1S/C23H30N4O4S/c1-4-25-11-13-26(14-12-25)19-16-21-17(15-22(19)32(29,30)27(5-2)6-3)23(28)24-18-9-7-8-10-20(18)31-21/h7-10,15-16H,4-6,11-14H2,1-3H3,(H,24,28). The number of likely N-dealkylation sites (N-methyl/N-ethyl adjacent to an activating group) is 1. The van der Waals surface area contributed by atoms with Gasteiger partial charge in [0.15, 0.2) is 5.75 Å². The maximum atomic E-state index is 13.6. The van der Waals surface area contributed by atoms with E-state index in [1.54, 1.807) is 18.2 Å². The Labute approximate surface area is 189 Å². The van der Waals surface area contributed by atoms with Crippen molar-refractivity contribution >= 4 is 27.3 Å². The molecule has 0 spiro atoms. The van der Waals surface area contributed by atoms with Crippen molar-refractivity contribution in [1.29, 1.82) is 0 Å². The molecule has 0 bridgehead atoms. The number of carbonyl (C=O) groups excluding carboxylic acids is 1. The Kier molecular flexibility index (Phi) is 6.41. The predicted octanol–water partition coefficient (Wildman–Crippen LogP) is 3.22. The zero-order valence-electron chi connectivity index (χ0n) is 18.8. The smallest absolute Gasteiger partial charge is 0.259 e. The van der Waals surface area contributed by atoms with E-state index in [-0.39, 0.29) is 16.4 Å². The molecule has 9 heteroatoms. The number of rotatable bonds is 6. The van der Waals surface area contributed by atoms with Crippen LogP contribution in [0.4, 0.5) is 11.4 Å². The van der Waals surface area contributed by atoms with E-state index in [1.807, 2.05) is 26.0 Å². The van der Waals surface area contributed by atoms with E-state index in [0.29, 0.717) is 49.1 Å². The molecule has 2 aliphatic heterocycles. The van der Waals surface area contributed by atoms with Gasteiger partial charge in [-0.15, -0.1) is 0 Å². The quantitative estimate of drug-likeness (QED) is 0.716. The largest absolute Gasteiger partial charge is 0.454 e. The molecule has 1 amide bonds. The van der Waals surface area contributed by atoms with Crippen LogP contribution in [-0.2, 0) is 10.0 Å². The molecule has 0 radical (unpaired) electrons. The zero-order chi connectivity index (χ0) is 22.9. The van der Waals surface area contributed by atoms with Gasteiger partial charge in [0.05, 0.1) is 16.9 Å². The molecule has 172 valence electrons. The second-order valence-electron chi connectivity index (χ2n) is 7.88. The van der Waals surface area contributed by atoms with Crippen LogP contribution in [-0.4, -0.2) is 69.3 Å². The minimum atomic E-state index is -3.79.